The molecule has 0 unspecified atom stereocenters. The largest absolute Gasteiger partial charge is 0.573 e. The second-order valence-corrected chi connectivity index (χ2v) is 6.09. The second kappa shape index (κ2) is 8.09. The summed E-state index contributed by atoms with van der Waals surface area (Å²) in [7, 11) is 0. The Morgan fingerprint density at radius 1 is 0.966 bits per heavy atom. The molecule has 0 aliphatic carbocycles. The molecule has 3 N–H and O–H groups in total. The Labute approximate surface area is 163 Å². The molecule has 2 amide bonds. The molecule has 0 atom stereocenters. The van der Waals surface area contributed by atoms with Crippen LogP contribution in [0.25, 0.3) is 0 Å². The Bertz CT molecular complexity index is 1010. The number of hydrogen-bond donors (Lipinski definition) is 3. The van der Waals surface area contributed by atoms with E-state index in [9.17, 15) is 22.8 Å². The number of halogens is 3. The fourth-order valence-electron chi connectivity index (χ4n) is 2.50. The van der Waals surface area contributed by atoms with E-state index in [1.807, 2.05) is 0 Å². The first kappa shape index (κ1) is 20.0. The summed E-state index contributed by atoms with van der Waals surface area (Å²) in [6.07, 6.45) is -3.16. The number of benzene rings is 2. The highest BCUT2D eigenvalue weighted by Crippen LogP contribution is 2.24. The van der Waals surface area contributed by atoms with Crippen molar-refractivity contribution >= 4 is 23.2 Å². The molecule has 150 valence electrons. The van der Waals surface area contributed by atoms with Gasteiger partial charge in [0.1, 0.15) is 11.4 Å². The van der Waals surface area contributed by atoms with Gasteiger partial charge in [0.15, 0.2) is 0 Å². The first-order chi connectivity index (χ1) is 13.7. The standard InChI is InChI=1S/C20H16F3N3O3/c1-12-4-5-13(11-17(12)26-19(28)16-3-2-10-24-16)18(27)25-14-6-8-15(9-7-14)29-20(21,22)23/h2-11,24H,1H3,(H,25,27)(H,26,28). The van der Waals surface area contributed by atoms with Gasteiger partial charge in [0.05, 0.1) is 0 Å². The van der Waals surface area contributed by atoms with E-state index in [0.717, 1.165) is 17.7 Å². The van der Waals surface area contributed by atoms with E-state index in [0.29, 0.717) is 17.1 Å². The van der Waals surface area contributed by atoms with Gasteiger partial charge in [0.25, 0.3) is 11.8 Å². The monoisotopic (exact) mass is 403 g/mol. The van der Waals surface area contributed by atoms with Crippen molar-refractivity contribution in [3.8, 4) is 5.75 Å². The predicted octanol–water partition coefficient (Wildman–Crippen LogP) is 4.73. The zero-order valence-corrected chi connectivity index (χ0v) is 15.1. The number of rotatable bonds is 5. The van der Waals surface area contributed by atoms with E-state index in [4.69, 9.17) is 0 Å². The number of ether oxygens (including phenoxy) is 1. The third kappa shape index (κ3) is 5.38. The first-order valence-electron chi connectivity index (χ1n) is 8.44. The average Bonchev–Trinajstić information content (AvgIpc) is 3.19. The summed E-state index contributed by atoms with van der Waals surface area (Å²) in [6, 6.07) is 12.9. The number of amides is 2. The summed E-state index contributed by atoms with van der Waals surface area (Å²) in [5.74, 6) is -1.22. The highest BCUT2D eigenvalue weighted by molar-refractivity contribution is 6.07. The van der Waals surface area contributed by atoms with E-state index in [-0.39, 0.29) is 17.2 Å². The minimum Gasteiger partial charge on any atom is -0.406 e. The first-order valence-corrected chi connectivity index (χ1v) is 8.44. The number of aromatic nitrogens is 1. The Morgan fingerprint density at radius 2 is 1.69 bits per heavy atom. The van der Waals surface area contributed by atoms with Gasteiger partial charge < -0.3 is 20.4 Å². The van der Waals surface area contributed by atoms with Crippen LogP contribution in [0.2, 0.25) is 0 Å². The Morgan fingerprint density at radius 3 is 2.31 bits per heavy atom. The van der Waals surface area contributed by atoms with Crippen LogP contribution in [0, 0.1) is 6.92 Å². The van der Waals surface area contributed by atoms with Gasteiger partial charge in [-0.25, -0.2) is 0 Å². The van der Waals surface area contributed by atoms with Crippen LogP contribution in [0.15, 0.2) is 60.8 Å². The van der Waals surface area contributed by atoms with Crippen molar-refractivity contribution in [3.63, 3.8) is 0 Å². The van der Waals surface area contributed by atoms with Crippen LogP contribution in [0.3, 0.4) is 0 Å². The number of carbonyl (C=O) groups excluding carboxylic acids is 2. The van der Waals surface area contributed by atoms with Crippen molar-refractivity contribution in [1.29, 1.82) is 0 Å². The molecule has 0 spiro atoms. The molecule has 0 saturated heterocycles. The molecule has 0 fully saturated rings. The second-order valence-electron chi connectivity index (χ2n) is 6.09. The molecule has 9 heteroatoms. The van der Waals surface area contributed by atoms with E-state index >= 15 is 0 Å². The van der Waals surface area contributed by atoms with Gasteiger partial charge in [-0.15, -0.1) is 13.2 Å². The Kier molecular flexibility index (Phi) is 5.58. The van der Waals surface area contributed by atoms with Crippen molar-refractivity contribution in [2.75, 3.05) is 10.6 Å². The number of anilines is 2. The summed E-state index contributed by atoms with van der Waals surface area (Å²) >= 11 is 0. The van der Waals surface area contributed by atoms with Gasteiger partial charge in [-0.1, -0.05) is 6.07 Å². The van der Waals surface area contributed by atoms with Gasteiger partial charge in [0.2, 0.25) is 0 Å². The topological polar surface area (TPSA) is 83.2 Å². The zero-order valence-electron chi connectivity index (χ0n) is 15.1. The lowest BCUT2D eigenvalue weighted by Crippen LogP contribution is -2.17. The number of aromatic amines is 1. The lowest BCUT2D eigenvalue weighted by molar-refractivity contribution is -0.274. The molecule has 3 aromatic rings. The maximum absolute atomic E-state index is 12.5. The molecule has 29 heavy (non-hydrogen) atoms. The minimum atomic E-state index is -4.78. The number of alkyl halides is 3. The molecule has 0 bridgehead atoms. The van der Waals surface area contributed by atoms with Gasteiger partial charge in [-0.3, -0.25) is 9.59 Å². The highest BCUT2D eigenvalue weighted by Gasteiger charge is 2.31. The quantitative estimate of drug-likeness (QED) is 0.576. The summed E-state index contributed by atoms with van der Waals surface area (Å²) in [5, 5.41) is 5.31. The Balaban J connectivity index is 1.70. The van der Waals surface area contributed by atoms with Crippen LogP contribution in [0.5, 0.6) is 5.75 Å². The van der Waals surface area contributed by atoms with Crippen LogP contribution in [0.4, 0.5) is 24.5 Å². The van der Waals surface area contributed by atoms with Crippen molar-refractivity contribution in [3.05, 3.63) is 77.6 Å². The van der Waals surface area contributed by atoms with Crippen molar-refractivity contribution in [1.82, 2.24) is 4.98 Å². The summed E-state index contributed by atoms with van der Waals surface area (Å²) < 4.78 is 40.4. The fourth-order valence-corrected chi connectivity index (χ4v) is 2.50. The minimum absolute atomic E-state index is 0.271. The number of nitrogens with one attached hydrogen (secondary N) is 3. The number of carbonyl (C=O) groups is 2. The SMILES string of the molecule is Cc1ccc(C(=O)Nc2ccc(OC(F)(F)F)cc2)cc1NC(=O)c1ccc[nH]1. The molecule has 2 aromatic carbocycles. The van der Waals surface area contributed by atoms with E-state index < -0.39 is 12.3 Å². The molecule has 0 aliphatic heterocycles. The molecule has 1 heterocycles. The van der Waals surface area contributed by atoms with E-state index in [1.165, 1.54) is 18.2 Å². The van der Waals surface area contributed by atoms with Crippen molar-refractivity contribution in [2.24, 2.45) is 0 Å². The zero-order chi connectivity index (χ0) is 21.0. The third-order valence-electron chi connectivity index (χ3n) is 3.94. The maximum Gasteiger partial charge on any atom is 0.573 e. The summed E-state index contributed by atoms with van der Waals surface area (Å²) in [4.78, 5) is 27.5. The molecular formula is C20H16F3N3O3. The normalized spacial score (nSPS) is 11.0. The maximum atomic E-state index is 12.5. The highest BCUT2D eigenvalue weighted by atomic mass is 19.4. The number of H-pyrrole nitrogens is 1. The van der Waals surface area contributed by atoms with Gasteiger partial charge in [-0.2, -0.15) is 0 Å². The van der Waals surface area contributed by atoms with E-state index in [2.05, 4.69) is 20.4 Å². The van der Waals surface area contributed by atoms with Crippen molar-refractivity contribution < 1.29 is 27.5 Å². The van der Waals surface area contributed by atoms with Crippen molar-refractivity contribution in [2.45, 2.75) is 13.3 Å². The van der Waals surface area contributed by atoms with E-state index in [1.54, 1.807) is 37.4 Å². The molecule has 0 aliphatic rings. The van der Waals surface area contributed by atoms with Crippen LogP contribution < -0.4 is 15.4 Å². The van der Waals surface area contributed by atoms with Crippen LogP contribution in [-0.4, -0.2) is 23.2 Å². The number of hydrogen-bond acceptors (Lipinski definition) is 3. The summed E-state index contributed by atoms with van der Waals surface area (Å²) in [5.41, 5.74) is 2.16. The van der Waals surface area contributed by atoms with Gasteiger partial charge >= 0.3 is 6.36 Å². The third-order valence-corrected chi connectivity index (χ3v) is 3.94. The molecular weight excluding hydrogens is 387 g/mol. The van der Waals surface area contributed by atoms with Crippen LogP contribution in [-0.2, 0) is 0 Å². The average molecular weight is 403 g/mol. The van der Waals surface area contributed by atoms with Gasteiger partial charge in [0, 0.05) is 23.1 Å². The lowest BCUT2D eigenvalue weighted by Gasteiger charge is -2.12. The lowest BCUT2D eigenvalue weighted by atomic mass is 10.1. The molecule has 0 radical (unpaired) electrons. The molecule has 0 saturated carbocycles. The molecule has 3 rings (SSSR count). The molecule has 6 nitrogen and oxygen atoms in total. The molecule has 1 aromatic heterocycles. The van der Waals surface area contributed by atoms with Crippen LogP contribution in [0.1, 0.15) is 26.4 Å². The predicted molar refractivity (Wildman–Crippen MR) is 101 cm³/mol. The number of aryl methyl sites for hydroxylation is 1. The van der Waals surface area contributed by atoms with Crippen LogP contribution >= 0.6 is 0 Å². The smallest absolute Gasteiger partial charge is 0.406 e. The van der Waals surface area contributed by atoms with Gasteiger partial charge in [-0.05, 0) is 61.0 Å². The summed E-state index contributed by atoms with van der Waals surface area (Å²) in [6.45, 7) is 1.78. The fraction of sp³-hybridized carbons (Fsp3) is 0.100. The Hall–Kier alpha value is -3.75.